The Bertz CT molecular complexity index is 263. The van der Waals surface area contributed by atoms with E-state index < -0.39 is 23.9 Å². The Labute approximate surface area is 95.5 Å². The topological polar surface area (TPSA) is 72.5 Å². The number of carbonyl (C=O) groups is 3. The minimum Gasteiger partial charge on any atom is -0.452 e. The molecule has 0 aromatic heterocycles. The second kappa shape index (κ2) is 7.84. The van der Waals surface area contributed by atoms with Crippen LogP contribution in [0.1, 0.15) is 46.5 Å². The van der Waals surface area contributed by atoms with Crippen molar-refractivity contribution in [2.45, 2.75) is 52.6 Å². The number of imide groups is 1. The van der Waals surface area contributed by atoms with E-state index in [2.05, 4.69) is 5.32 Å². The van der Waals surface area contributed by atoms with E-state index in [0.29, 0.717) is 6.42 Å². The Hall–Kier alpha value is -1.39. The first kappa shape index (κ1) is 14.6. The van der Waals surface area contributed by atoms with Gasteiger partial charge in [0.1, 0.15) is 0 Å². The van der Waals surface area contributed by atoms with Gasteiger partial charge in [-0.2, -0.15) is 0 Å². The van der Waals surface area contributed by atoms with Gasteiger partial charge < -0.3 is 4.74 Å². The molecule has 0 spiro atoms. The van der Waals surface area contributed by atoms with E-state index in [1.54, 1.807) is 0 Å². The van der Waals surface area contributed by atoms with E-state index >= 15 is 0 Å². The lowest BCUT2D eigenvalue weighted by Crippen LogP contribution is -2.39. The van der Waals surface area contributed by atoms with Crippen molar-refractivity contribution >= 4 is 17.8 Å². The predicted octanol–water partition coefficient (Wildman–Crippen LogP) is 1.16. The molecule has 5 nitrogen and oxygen atoms in total. The van der Waals surface area contributed by atoms with Crippen LogP contribution in [-0.4, -0.2) is 23.9 Å². The molecule has 0 unspecified atom stereocenters. The van der Waals surface area contributed by atoms with Crippen LogP contribution >= 0.6 is 0 Å². The zero-order valence-corrected chi connectivity index (χ0v) is 10.0. The molecule has 0 aliphatic heterocycles. The third kappa shape index (κ3) is 6.98. The number of unbranched alkanes of at least 4 members (excludes halogenated alkanes) is 2. The molecule has 0 aromatic rings. The molecule has 0 heterocycles. The molecule has 0 aromatic carbocycles. The Morgan fingerprint density at radius 3 is 2.25 bits per heavy atom. The van der Waals surface area contributed by atoms with Crippen LogP contribution in [0.15, 0.2) is 0 Å². The van der Waals surface area contributed by atoms with Gasteiger partial charge in [0.05, 0.1) is 0 Å². The Balaban J connectivity index is 4.23. The number of amides is 2. The fourth-order valence-corrected chi connectivity index (χ4v) is 1.28. The van der Waals surface area contributed by atoms with Crippen LogP contribution in [0.4, 0.5) is 0 Å². The van der Waals surface area contributed by atoms with Gasteiger partial charge in [-0.3, -0.25) is 19.7 Å². The highest BCUT2D eigenvalue weighted by molar-refractivity contribution is 5.96. The minimum atomic E-state index is -0.854. The van der Waals surface area contributed by atoms with Gasteiger partial charge in [0.2, 0.25) is 5.91 Å². The number of rotatable bonds is 6. The van der Waals surface area contributed by atoms with Gasteiger partial charge in [0.15, 0.2) is 6.10 Å². The minimum absolute atomic E-state index is 0.447. The predicted molar refractivity (Wildman–Crippen MR) is 58.5 cm³/mol. The summed E-state index contributed by atoms with van der Waals surface area (Å²) >= 11 is 0. The quantitative estimate of drug-likeness (QED) is 0.548. The fourth-order valence-electron chi connectivity index (χ4n) is 1.28. The molecule has 0 rings (SSSR count). The third-order valence-electron chi connectivity index (χ3n) is 1.97. The van der Waals surface area contributed by atoms with Crippen LogP contribution in [0.5, 0.6) is 0 Å². The fraction of sp³-hybridized carbons (Fsp3) is 0.727. The monoisotopic (exact) mass is 229 g/mol. The van der Waals surface area contributed by atoms with Crippen molar-refractivity contribution in [1.82, 2.24) is 5.32 Å². The highest BCUT2D eigenvalue weighted by Gasteiger charge is 2.21. The molecule has 2 amide bonds. The van der Waals surface area contributed by atoms with Gasteiger partial charge in [-0.15, -0.1) is 0 Å². The number of ether oxygens (including phenoxy) is 1. The van der Waals surface area contributed by atoms with E-state index in [1.807, 2.05) is 6.92 Å². The molecule has 0 saturated carbocycles. The molecular weight excluding hydrogens is 210 g/mol. The van der Waals surface area contributed by atoms with E-state index in [1.165, 1.54) is 13.8 Å². The summed E-state index contributed by atoms with van der Waals surface area (Å²) in [5.41, 5.74) is 0. The van der Waals surface area contributed by atoms with Gasteiger partial charge >= 0.3 is 5.97 Å². The summed E-state index contributed by atoms with van der Waals surface area (Å²) in [7, 11) is 0. The molecule has 92 valence electrons. The van der Waals surface area contributed by atoms with Gasteiger partial charge in [-0.05, 0) is 12.8 Å². The Morgan fingerprint density at radius 2 is 1.81 bits per heavy atom. The number of esters is 1. The van der Waals surface area contributed by atoms with Gasteiger partial charge in [-0.1, -0.05) is 19.8 Å². The first-order valence-corrected chi connectivity index (χ1v) is 5.46. The molecule has 1 atom stereocenters. The first-order chi connectivity index (χ1) is 7.47. The van der Waals surface area contributed by atoms with Crippen LogP contribution in [-0.2, 0) is 19.1 Å². The van der Waals surface area contributed by atoms with Crippen molar-refractivity contribution in [2.75, 3.05) is 0 Å². The second-order valence-electron chi connectivity index (χ2n) is 3.64. The second-order valence-corrected chi connectivity index (χ2v) is 3.64. The molecule has 0 aliphatic carbocycles. The summed E-state index contributed by atoms with van der Waals surface area (Å²) in [6.45, 7) is 4.53. The summed E-state index contributed by atoms with van der Waals surface area (Å²) in [6, 6.07) is 0. The lowest BCUT2D eigenvalue weighted by atomic mass is 10.1. The maximum absolute atomic E-state index is 11.5. The van der Waals surface area contributed by atoms with Crippen molar-refractivity contribution in [1.29, 1.82) is 0 Å². The van der Waals surface area contributed by atoms with Gasteiger partial charge in [0, 0.05) is 13.8 Å². The largest absolute Gasteiger partial charge is 0.452 e. The maximum Gasteiger partial charge on any atom is 0.303 e. The number of nitrogens with one attached hydrogen (secondary N) is 1. The molecule has 1 N–H and O–H groups in total. The average Bonchev–Trinajstić information content (AvgIpc) is 2.14. The van der Waals surface area contributed by atoms with Gasteiger partial charge in [-0.25, -0.2) is 0 Å². The Morgan fingerprint density at radius 1 is 1.19 bits per heavy atom. The average molecular weight is 229 g/mol. The highest BCUT2D eigenvalue weighted by atomic mass is 16.5. The van der Waals surface area contributed by atoms with E-state index in [9.17, 15) is 14.4 Å². The van der Waals surface area contributed by atoms with E-state index in [-0.39, 0.29) is 0 Å². The number of carbonyl (C=O) groups excluding carboxylic acids is 3. The summed E-state index contributed by atoms with van der Waals surface area (Å²) in [6.07, 6.45) is 2.37. The summed E-state index contributed by atoms with van der Waals surface area (Å²) < 4.78 is 4.86. The summed E-state index contributed by atoms with van der Waals surface area (Å²) in [5.74, 6) is -1.50. The normalized spacial score (nSPS) is 11.7. The zero-order chi connectivity index (χ0) is 12.6. The van der Waals surface area contributed by atoms with Crippen LogP contribution in [0.3, 0.4) is 0 Å². The Kier molecular flexibility index (Phi) is 7.16. The first-order valence-electron chi connectivity index (χ1n) is 5.46. The van der Waals surface area contributed by atoms with Crippen LogP contribution in [0, 0.1) is 0 Å². The molecule has 16 heavy (non-hydrogen) atoms. The molecule has 0 aliphatic rings. The lowest BCUT2D eigenvalue weighted by molar-refractivity contribution is -0.155. The van der Waals surface area contributed by atoms with Crippen molar-refractivity contribution in [2.24, 2.45) is 0 Å². The molecule has 0 saturated heterocycles. The highest BCUT2D eigenvalue weighted by Crippen LogP contribution is 2.07. The van der Waals surface area contributed by atoms with Crippen molar-refractivity contribution < 1.29 is 19.1 Å². The maximum atomic E-state index is 11.5. The smallest absolute Gasteiger partial charge is 0.303 e. The summed E-state index contributed by atoms with van der Waals surface area (Å²) in [5, 5.41) is 2.12. The molecular formula is C11H19NO4. The number of hydrogen-bond donors (Lipinski definition) is 1. The van der Waals surface area contributed by atoms with Gasteiger partial charge in [0.25, 0.3) is 5.91 Å². The van der Waals surface area contributed by atoms with Crippen LogP contribution in [0.25, 0.3) is 0 Å². The standard InChI is InChI=1S/C11H19NO4/c1-4-5-6-7-10(16-9(3)14)11(15)12-8(2)13/h10H,4-7H2,1-3H3,(H,12,13,15)/t10-/m0/s1. The lowest BCUT2D eigenvalue weighted by Gasteiger charge is -2.15. The van der Waals surface area contributed by atoms with E-state index in [4.69, 9.17) is 4.74 Å². The molecule has 0 bridgehead atoms. The molecule has 5 heteroatoms. The summed E-state index contributed by atoms with van der Waals surface area (Å²) in [4.78, 5) is 33.0. The third-order valence-corrected chi connectivity index (χ3v) is 1.97. The van der Waals surface area contributed by atoms with Crippen molar-refractivity contribution in [3.63, 3.8) is 0 Å². The zero-order valence-electron chi connectivity index (χ0n) is 10.0. The van der Waals surface area contributed by atoms with Crippen molar-refractivity contribution in [3.05, 3.63) is 0 Å². The van der Waals surface area contributed by atoms with E-state index in [0.717, 1.165) is 19.3 Å². The number of hydrogen-bond acceptors (Lipinski definition) is 4. The van der Waals surface area contributed by atoms with Crippen LogP contribution in [0.2, 0.25) is 0 Å². The molecule has 0 radical (unpaired) electrons. The molecule has 0 fully saturated rings. The van der Waals surface area contributed by atoms with Crippen molar-refractivity contribution in [3.8, 4) is 0 Å². The SMILES string of the molecule is CCCCC[C@H](OC(C)=O)C(=O)NC(C)=O. The van der Waals surface area contributed by atoms with Crippen LogP contribution < -0.4 is 5.32 Å².